The van der Waals surface area contributed by atoms with Crippen LogP contribution in [0.1, 0.15) is 39.4 Å². The van der Waals surface area contributed by atoms with Crippen LogP contribution >= 0.6 is 0 Å². The molecule has 0 aliphatic carbocycles. The standard InChI is InChI=1S/C32H26N2O3/c35-31(27-19-11-4-12-20-27)33-30-22-28(26-17-9-3-10-18-26)29(21-24-13-5-1-6-14-24)34(30)32(36)37-23-25-15-7-2-8-16-25/h1-21,28H,22-23H2/b29-21-,33-30-. The number of carbonyl (C=O) groups is 2. The van der Waals surface area contributed by atoms with E-state index in [9.17, 15) is 9.59 Å². The van der Waals surface area contributed by atoms with Crippen LogP contribution in [0.2, 0.25) is 0 Å². The van der Waals surface area contributed by atoms with Gasteiger partial charge in [0, 0.05) is 23.6 Å². The molecule has 5 rings (SSSR count). The molecular formula is C32H26N2O3. The summed E-state index contributed by atoms with van der Waals surface area (Å²) in [5.41, 5.74) is 4.03. The lowest BCUT2D eigenvalue weighted by Gasteiger charge is -2.21. The maximum atomic E-state index is 13.6. The molecule has 5 heteroatoms. The summed E-state index contributed by atoms with van der Waals surface area (Å²) in [4.78, 5) is 32.6. The number of allylic oxidation sites excluding steroid dienone is 1. The van der Waals surface area contributed by atoms with Crippen molar-refractivity contribution in [3.63, 3.8) is 0 Å². The van der Waals surface area contributed by atoms with Crippen LogP contribution in [-0.4, -0.2) is 22.7 Å². The number of amides is 2. The molecule has 2 amide bonds. The first-order chi connectivity index (χ1) is 18.2. The first-order valence-electron chi connectivity index (χ1n) is 12.2. The Morgan fingerprint density at radius 2 is 1.35 bits per heavy atom. The van der Waals surface area contributed by atoms with Crippen molar-refractivity contribution in [1.29, 1.82) is 0 Å². The van der Waals surface area contributed by atoms with Gasteiger partial charge in [-0.1, -0.05) is 109 Å². The van der Waals surface area contributed by atoms with E-state index in [0.717, 1.165) is 22.4 Å². The molecule has 0 N–H and O–H groups in total. The molecule has 1 aliphatic rings. The minimum Gasteiger partial charge on any atom is -0.444 e. The normalized spacial score (nSPS) is 17.2. The monoisotopic (exact) mass is 486 g/mol. The zero-order valence-electron chi connectivity index (χ0n) is 20.2. The summed E-state index contributed by atoms with van der Waals surface area (Å²) >= 11 is 0. The van der Waals surface area contributed by atoms with E-state index in [4.69, 9.17) is 4.74 Å². The molecule has 1 aliphatic heterocycles. The van der Waals surface area contributed by atoms with Gasteiger partial charge in [0.1, 0.15) is 12.4 Å². The molecule has 1 fully saturated rings. The predicted octanol–water partition coefficient (Wildman–Crippen LogP) is 7.09. The summed E-state index contributed by atoms with van der Waals surface area (Å²) in [6, 6.07) is 38.1. The van der Waals surface area contributed by atoms with Crippen LogP contribution in [0.15, 0.2) is 132 Å². The van der Waals surface area contributed by atoms with Crippen molar-refractivity contribution >= 4 is 23.9 Å². The number of benzene rings is 4. The van der Waals surface area contributed by atoms with Crippen molar-refractivity contribution in [1.82, 2.24) is 4.90 Å². The van der Waals surface area contributed by atoms with Gasteiger partial charge in [-0.05, 0) is 34.9 Å². The SMILES string of the molecule is O=C(/N=C1/CC(c2ccccc2)/C(=C/c2ccccc2)N1C(=O)OCc1ccccc1)c1ccccc1. The molecule has 0 aromatic heterocycles. The molecule has 4 aromatic carbocycles. The van der Waals surface area contributed by atoms with E-state index >= 15 is 0 Å². The number of hydrogen-bond donors (Lipinski definition) is 0. The Balaban J connectivity index is 1.56. The summed E-state index contributed by atoms with van der Waals surface area (Å²) in [6.45, 7) is 0.116. The molecule has 182 valence electrons. The van der Waals surface area contributed by atoms with Gasteiger partial charge in [-0.3, -0.25) is 4.79 Å². The molecule has 0 radical (unpaired) electrons. The highest BCUT2D eigenvalue weighted by atomic mass is 16.6. The number of carbonyl (C=O) groups excluding carboxylic acids is 2. The van der Waals surface area contributed by atoms with Crippen molar-refractivity contribution in [2.45, 2.75) is 18.9 Å². The molecule has 1 saturated heterocycles. The average molecular weight is 487 g/mol. The molecule has 37 heavy (non-hydrogen) atoms. The average Bonchev–Trinajstić information content (AvgIpc) is 3.31. The third-order valence-electron chi connectivity index (χ3n) is 6.22. The summed E-state index contributed by atoms with van der Waals surface area (Å²) in [7, 11) is 0. The smallest absolute Gasteiger partial charge is 0.420 e. The predicted molar refractivity (Wildman–Crippen MR) is 145 cm³/mol. The van der Waals surface area contributed by atoms with Crippen molar-refractivity contribution in [3.05, 3.63) is 149 Å². The fraction of sp³-hybridized carbons (Fsp3) is 0.0938. The van der Waals surface area contributed by atoms with E-state index < -0.39 is 12.0 Å². The highest BCUT2D eigenvalue weighted by Crippen LogP contribution is 2.40. The zero-order valence-corrected chi connectivity index (χ0v) is 20.2. The van der Waals surface area contributed by atoms with Crippen molar-refractivity contribution in [2.24, 2.45) is 4.99 Å². The van der Waals surface area contributed by atoms with Gasteiger partial charge < -0.3 is 4.74 Å². The number of amidine groups is 1. The third-order valence-corrected chi connectivity index (χ3v) is 6.22. The number of likely N-dealkylation sites (tertiary alicyclic amines) is 1. The second kappa shape index (κ2) is 11.3. The Bertz CT molecular complexity index is 1420. The van der Waals surface area contributed by atoms with Crippen LogP contribution in [0.25, 0.3) is 6.08 Å². The lowest BCUT2D eigenvalue weighted by atomic mass is 9.94. The summed E-state index contributed by atoms with van der Waals surface area (Å²) in [6.07, 6.45) is 1.79. The van der Waals surface area contributed by atoms with Crippen LogP contribution in [0.4, 0.5) is 4.79 Å². The molecule has 0 saturated carbocycles. The summed E-state index contributed by atoms with van der Waals surface area (Å²) in [5, 5.41) is 0. The number of nitrogens with zero attached hydrogens (tertiary/aromatic N) is 2. The van der Waals surface area contributed by atoms with E-state index in [1.54, 1.807) is 24.3 Å². The van der Waals surface area contributed by atoms with Crippen molar-refractivity contribution in [2.75, 3.05) is 0 Å². The molecule has 1 heterocycles. The van der Waals surface area contributed by atoms with Gasteiger partial charge in [0.25, 0.3) is 5.91 Å². The fourth-order valence-corrected chi connectivity index (χ4v) is 4.40. The van der Waals surface area contributed by atoms with Crippen LogP contribution in [-0.2, 0) is 11.3 Å². The Hall–Kier alpha value is -4.77. The maximum absolute atomic E-state index is 13.6. The lowest BCUT2D eigenvalue weighted by molar-refractivity contribution is 0.100. The molecule has 0 spiro atoms. The first kappa shape index (κ1) is 23.9. The second-order valence-corrected chi connectivity index (χ2v) is 8.72. The van der Waals surface area contributed by atoms with Crippen molar-refractivity contribution in [3.8, 4) is 0 Å². The molecule has 1 unspecified atom stereocenters. The van der Waals surface area contributed by atoms with E-state index in [1.807, 2.05) is 103 Å². The molecule has 0 bridgehead atoms. The van der Waals surface area contributed by atoms with Crippen molar-refractivity contribution < 1.29 is 14.3 Å². The van der Waals surface area contributed by atoms with Gasteiger partial charge in [-0.15, -0.1) is 0 Å². The Kier molecular flexibility index (Phi) is 7.32. The van der Waals surface area contributed by atoms with Gasteiger partial charge in [-0.2, -0.15) is 4.99 Å². The molecule has 4 aromatic rings. The number of hydrogen-bond acceptors (Lipinski definition) is 3. The summed E-state index contributed by atoms with van der Waals surface area (Å²) in [5.74, 6) is -0.208. The lowest BCUT2D eigenvalue weighted by Crippen LogP contribution is -2.32. The maximum Gasteiger partial charge on any atom is 0.420 e. The summed E-state index contributed by atoms with van der Waals surface area (Å²) < 4.78 is 5.74. The largest absolute Gasteiger partial charge is 0.444 e. The van der Waals surface area contributed by atoms with Crippen LogP contribution < -0.4 is 0 Å². The van der Waals surface area contributed by atoms with Gasteiger partial charge in [0.05, 0.1) is 0 Å². The second-order valence-electron chi connectivity index (χ2n) is 8.72. The van der Waals surface area contributed by atoms with E-state index in [-0.39, 0.29) is 12.5 Å². The minimum absolute atomic E-state index is 0.116. The van der Waals surface area contributed by atoms with Gasteiger partial charge in [0.15, 0.2) is 0 Å². The van der Waals surface area contributed by atoms with Gasteiger partial charge >= 0.3 is 6.09 Å². The van der Waals surface area contributed by atoms with E-state index in [2.05, 4.69) is 4.99 Å². The number of rotatable bonds is 5. The zero-order chi connectivity index (χ0) is 25.5. The first-order valence-corrected chi connectivity index (χ1v) is 12.2. The van der Waals surface area contributed by atoms with Gasteiger partial charge in [0.2, 0.25) is 0 Å². The Labute approximate surface area is 216 Å². The Morgan fingerprint density at radius 1 is 0.784 bits per heavy atom. The highest BCUT2D eigenvalue weighted by molar-refractivity contribution is 6.09. The Morgan fingerprint density at radius 3 is 2.00 bits per heavy atom. The minimum atomic E-state index is -0.566. The quantitative estimate of drug-likeness (QED) is 0.302. The topological polar surface area (TPSA) is 59.0 Å². The van der Waals surface area contributed by atoms with Crippen LogP contribution in [0, 0.1) is 0 Å². The van der Waals surface area contributed by atoms with E-state index in [0.29, 0.717) is 17.8 Å². The number of ether oxygens (including phenoxy) is 1. The third kappa shape index (κ3) is 5.73. The molecule has 5 nitrogen and oxygen atoms in total. The van der Waals surface area contributed by atoms with Crippen LogP contribution in [0.3, 0.4) is 0 Å². The molecular weight excluding hydrogens is 460 g/mol. The number of aliphatic imine (C=N–C) groups is 1. The van der Waals surface area contributed by atoms with Gasteiger partial charge in [-0.25, -0.2) is 9.69 Å². The highest BCUT2D eigenvalue weighted by Gasteiger charge is 2.39. The van der Waals surface area contributed by atoms with E-state index in [1.165, 1.54) is 4.90 Å². The molecule has 1 atom stereocenters. The fourth-order valence-electron chi connectivity index (χ4n) is 4.40. The van der Waals surface area contributed by atoms with Crippen LogP contribution in [0.5, 0.6) is 0 Å².